The highest BCUT2D eigenvalue weighted by molar-refractivity contribution is 5.88. The number of likely N-dealkylation sites (N-methyl/N-ethyl adjacent to an activating group) is 1. The van der Waals surface area contributed by atoms with Gasteiger partial charge >= 0.3 is 0 Å². The minimum absolute atomic E-state index is 0.0537. The van der Waals surface area contributed by atoms with Crippen molar-refractivity contribution in [2.24, 2.45) is 5.92 Å². The molecule has 1 aliphatic rings. The number of carbonyl (C=O) groups excluding carboxylic acids is 2. The summed E-state index contributed by atoms with van der Waals surface area (Å²) in [6, 6.07) is 18.1. The third-order valence-corrected chi connectivity index (χ3v) is 6.36. The average Bonchev–Trinajstić information content (AvgIpc) is 2.80. The molecule has 1 aliphatic heterocycles. The Labute approximate surface area is 192 Å². The molecule has 1 N–H and O–H groups in total. The molecule has 0 bridgehead atoms. The third-order valence-electron chi connectivity index (χ3n) is 6.36. The number of benzene rings is 2. The number of rotatable bonds is 9. The van der Waals surface area contributed by atoms with Gasteiger partial charge in [-0.3, -0.25) is 14.5 Å². The van der Waals surface area contributed by atoms with Crippen molar-refractivity contribution in [3.63, 3.8) is 0 Å². The molecule has 0 saturated carbocycles. The first kappa shape index (κ1) is 24.0. The van der Waals surface area contributed by atoms with Gasteiger partial charge in [-0.25, -0.2) is 0 Å². The standard InChI is InChI=1S/C27H37N3O2/c1-5-29(6-2)25(21-12-8-7-9-13-21)18-28-27(32)24-17-22-14-10-11-15-23(22)19-30(24)26(31)16-20(3)4/h7-15,20,24-25H,5-6,16-19H2,1-4H3,(H,28,32). The van der Waals surface area contributed by atoms with Crippen molar-refractivity contribution in [1.82, 2.24) is 15.1 Å². The zero-order chi connectivity index (χ0) is 23.1. The van der Waals surface area contributed by atoms with Crippen LogP contribution in [0.1, 0.15) is 56.8 Å². The molecule has 0 spiro atoms. The number of fused-ring (bicyclic) bond motifs is 1. The molecule has 5 nitrogen and oxygen atoms in total. The molecule has 0 saturated heterocycles. The molecule has 2 atom stereocenters. The second kappa shape index (κ2) is 11.3. The van der Waals surface area contributed by atoms with Crippen molar-refractivity contribution >= 4 is 11.8 Å². The Balaban J connectivity index is 1.79. The highest BCUT2D eigenvalue weighted by atomic mass is 16.2. The molecule has 2 unspecified atom stereocenters. The molecule has 2 amide bonds. The van der Waals surface area contributed by atoms with Crippen molar-refractivity contribution < 1.29 is 9.59 Å². The number of nitrogens with one attached hydrogen (secondary N) is 1. The van der Waals surface area contributed by atoms with Gasteiger partial charge in [0.15, 0.2) is 0 Å². The van der Waals surface area contributed by atoms with E-state index in [9.17, 15) is 9.59 Å². The van der Waals surface area contributed by atoms with Crippen LogP contribution in [0, 0.1) is 5.92 Å². The summed E-state index contributed by atoms with van der Waals surface area (Å²) in [5.74, 6) is 0.246. The fourth-order valence-corrected chi connectivity index (χ4v) is 4.60. The van der Waals surface area contributed by atoms with Crippen LogP contribution in [0.25, 0.3) is 0 Å². The van der Waals surface area contributed by atoms with Gasteiger partial charge in [0.25, 0.3) is 0 Å². The molecule has 3 rings (SSSR count). The highest BCUT2D eigenvalue weighted by Crippen LogP contribution is 2.25. The number of amides is 2. The van der Waals surface area contributed by atoms with E-state index in [1.807, 2.05) is 44.2 Å². The Morgan fingerprint density at radius 1 is 1.00 bits per heavy atom. The minimum atomic E-state index is -0.468. The number of hydrogen-bond acceptors (Lipinski definition) is 3. The second-order valence-electron chi connectivity index (χ2n) is 9.00. The fourth-order valence-electron chi connectivity index (χ4n) is 4.60. The zero-order valence-corrected chi connectivity index (χ0v) is 19.9. The van der Waals surface area contributed by atoms with Crippen molar-refractivity contribution in [1.29, 1.82) is 0 Å². The maximum Gasteiger partial charge on any atom is 0.243 e. The van der Waals surface area contributed by atoms with Crippen LogP contribution in [0.5, 0.6) is 0 Å². The van der Waals surface area contributed by atoms with E-state index in [1.54, 1.807) is 4.90 Å². The molecule has 0 radical (unpaired) electrons. The molecule has 1 heterocycles. The Morgan fingerprint density at radius 3 is 2.25 bits per heavy atom. The summed E-state index contributed by atoms with van der Waals surface area (Å²) in [4.78, 5) is 30.6. The topological polar surface area (TPSA) is 52.7 Å². The molecule has 2 aromatic rings. The zero-order valence-electron chi connectivity index (χ0n) is 19.9. The van der Waals surface area contributed by atoms with Gasteiger partial charge in [-0.05, 0) is 35.7 Å². The van der Waals surface area contributed by atoms with E-state index in [-0.39, 0.29) is 23.8 Å². The van der Waals surface area contributed by atoms with Gasteiger partial charge in [0, 0.05) is 25.9 Å². The SMILES string of the molecule is CCN(CC)C(CNC(=O)C1Cc2ccccc2CN1C(=O)CC(C)C)c1ccccc1. The molecule has 2 aromatic carbocycles. The van der Waals surface area contributed by atoms with E-state index in [0.29, 0.717) is 25.9 Å². The summed E-state index contributed by atoms with van der Waals surface area (Å²) < 4.78 is 0. The smallest absolute Gasteiger partial charge is 0.243 e. The molecular formula is C27H37N3O2. The van der Waals surface area contributed by atoms with Crippen molar-refractivity contribution in [2.75, 3.05) is 19.6 Å². The Morgan fingerprint density at radius 2 is 1.62 bits per heavy atom. The maximum absolute atomic E-state index is 13.4. The summed E-state index contributed by atoms with van der Waals surface area (Å²) in [5, 5.41) is 3.19. The Hall–Kier alpha value is -2.66. The van der Waals surface area contributed by atoms with Crippen molar-refractivity contribution in [3.8, 4) is 0 Å². The van der Waals surface area contributed by atoms with Gasteiger partial charge in [-0.1, -0.05) is 82.3 Å². The first-order valence-electron chi connectivity index (χ1n) is 11.9. The van der Waals surface area contributed by atoms with Gasteiger partial charge < -0.3 is 10.2 Å². The van der Waals surface area contributed by atoms with Crippen LogP contribution in [0.2, 0.25) is 0 Å². The Kier molecular flexibility index (Phi) is 8.46. The summed E-state index contributed by atoms with van der Waals surface area (Å²) in [7, 11) is 0. The van der Waals surface area contributed by atoms with Crippen molar-refractivity contribution in [3.05, 3.63) is 71.3 Å². The van der Waals surface area contributed by atoms with Gasteiger partial charge in [0.05, 0.1) is 6.04 Å². The summed E-state index contributed by atoms with van der Waals surface area (Å²) in [5.41, 5.74) is 3.49. The normalized spacial score (nSPS) is 16.7. The van der Waals surface area contributed by atoms with Crippen molar-refractivity contribution in [2.45, 2.75) is 59.2 Å². The van der Waals surface area contributed by atoms with Crippen LogP contribution in [0.4, 0.5) is 0 Å². The summed E-state index contributed by atoms with van der Waals surface area (Å²) in [6.07, 6.45) is 1.02. The lowest BCUT2D eigenvalue weighted by Crippen LogP contribution is -2.53. The molecule has 0 aliphatic carbocycles. The monoisotopic (exact) mass is 435 g/mol. The summed E-state index contributed by atoms with van der Waals surface area (Å²) in [6.45, 7) is 11.2. The lowest BCUT2D eigenvalue weighted by Gasteiger charge is -2.37. The second-order valence-corrected chi connectivity index (χ2v) is 9.00. The quantitative estimate of drug-likeness (QED) is 0.643. The van der Waals surface area contributed by atoms with Gasteiger partial charge in [-0.15, -0.1) is 0 Å². The largest absolute Gasteiger partial charge is 0.352 e. The van der Waals surface area contributed by atoms with E-state index in [1.165, 1.54) is 5.56 Å². The van der Waals surface area contributed by atoms with E-state index in [0.717, 1.165) is 24.2 Å². The van der Waals surface area contributed by atoms with Crippen LogP contribution < -0.4 is 5.32 Å². The van der Waals surface area contributed by atoms with Gasteiger partial charge in [0.1, 0.15) is 6.04 Å². The minimum Gasteiger partial charge on any atom is -0.352 e. The van der Waals surface area contributed by atoms with Crippen LogP contribution >= 0.6 is 0 Å². The first-order chi connectivity index (χ1) is 15.4. The molecule has 0 fully saturated rings. The average molecular weight is 436 g/mol. The molecule has 5 heteroatoms. The Bertz CT molecular complexity index is 893. The molecule has 0 aromatic heterocycles. The number of carbonyl (C=O) groups is 2. The van der Waals surface area contributed by atoms with Gasteiger partial charge in [-0.2, -0.15) is 0 Å². The van der Waals surface area contributed by atoms with E-state index in [2.05, 4.69) is 48.3 Å². The lowest BCUT2D eigenvalue weighted by atomic mass is 9.92. The number of hydrogen-bond donors (Lipinski definition) is 1. The van der Waals surface area contributed by atoms with Crippen LogP contribution in [-0.4, -0.2) is 47.3 Å². The first-order valence-corrected chi connectivity index (χ1v) is 11.9. The third kappa shape index (κ3) is 5.77. The lowest BCUT2D eigenvalue weighted by molar-refractivity contribution is -0.142. The van der Waals surface area contributed by atoms with E-state index < -0.39 is 6.04 Å². The molecule has 172 valence electrons. The maximum atomic E-state index is 13.4. The fraction of sp³-hybridized carbons (Fsp3) is 0.481. The van der Waals surface area contributed by atoms with Crippen LogP contribution in [0.3, 0.4) is 0 Å². The predicted octanol–water partition coefficient (Wildman–Crippen LogP) is 4.19. The number of nitrogens with zero attached hydrogens (tertiary/aromatic N) is 2. The van der Waals surface area contributed by atoms with Gasteiger partial charge in [0.2, 0.25) is 11.8 Å². The van der Waals surface area contributed by atoms with Crippen LogP contribution in [0.15, 0.2) is 54.6 Å². The van der Waals surface area contributed by atoms with E-state index >= 15 is 0 Å². The molecule has 32 heavy (non-hydrogen) atoms. The predicted molar refractivity (Wildman–Crippen MR) is 129 cm³/mol. The summed E-state index contributed by atoms with van der Waals surface area (Å²) >= 11 is 0. The van der Waals surface area contributed by atoms with E-state index in [4.69, 9.17) is 0 Å². The van der Waals surface area contributed by atoms with Crippen LogP contribution in [-0.2, 0) is 22.6 Å². The highest BCUT2D eigenvalue weighted by Gasteiger charge is 2.35. The molecular weight excluding hydrogens is 398 g/mol.